The third-order valence-corrected chi connectivity index (χ3v) is 4.00. The molecule has 1 aromatic rings. The van der Waals surface area contributed by atoms with Gasteiger partial charge in [0, 0.05) is 21.5 Å². The summed E-state index contributed by atoms with van der Waals surface area (Å²) in [6, 6.07) is 8.04. The van der Waals surface area contributed by atoms with Gasteiger partial charge in [-0.2, -0.15) is 0 Å². The van der Waals surface area contributed by atoms with Gasteiger partial charge in [0.1, 0.15) is 6.10 Å². The Hall–Kier alpha value is -1.01. The van der Waals surface area contributed by atoms with Gasteiger partial charge in [-0.15, -0.1) is 11.8 Å². The van der Waals surface area contributed by atoms with Crippen LogP contribution in [0.2, 0.25) is 0 Å². The number of halogens is 1. The van der Waals surface area contributed by atoms with Crippen LogP contribution in [0.1, 0.15) is 6.42 Å². The fourth-order valence-corrected chi connectivity index (χ4v) is 2.99. The molecule has 0 unspecified atom stereocenters. The minimum Gasteiger partial charge on any atom is -0.464 e. The SMILES string of the molecule is COC(=O)C1=NO[C@@H](CSc2cccc(Br)c2)C1. The molecule has 18 heavy (non-hydrogen) atoms. The summed E-state index contributed by atoms with van der Waals surface area (Å²) in [5, 5.41) is 3.74. The Morgan fingerprint density at radius 2 is 2.50 bits per heavy atom. The Kier molecular flexibility index (Phi) is 4.66. The molecule has 2 rings (SSSR count). The number of ether oxygens (including phenoxy) is 1. The van der Waals surface area contributed by atoms with E-state index in [2.05, 4.69) is 25.8 Å². The van der Waals surface area contributed by atoms with Crippen molar-refractivity contribution in [1.29, 1.82) is 0 Å². The van der Waals surface area contributed by atoms with Crippen LogP contribution in [0.15, 0.2) is 38.8 Å². The summed E-state index contributed by atoms with van der Waals surface area (Å²) in [6.07, 6.45) is 0.441. The van der Waals surface area contributed by atoms with Gasteiger partial charge in [0.05, 0.1) is 7.11 Å². The second-order valence-corrected chi connectivity index (χ2v) is 5.74. The number of methoxy groups -OCH3 is 1. The van der Waals surface area contributed by atoms with Gasteiger partial charge in [0.15, 0.2) is 5.71 Å². The first kappa shape index (κ1) is 13.4. The van der Waals surface area contributed by atoms with Crippen LogP contribution in [-0.2, 0) is 14.4 Å². The second kappa shape index (κ2) is 6.24. The lowest BCUT2D eigenvalue weighted by molar-refractivity contribution is -0.132. The van der Waals surface area contributed by atoms with Crippen molar-refractivity contribution in [2.45, 2.75) is 17.4 Å². The molecule has 0 amide bonds. The van der Waals surface area contributed by atoms with Crippen molar-refractivity contribution < 1.29 is 14.4 Å². The summed E-state index contributed by atoms with van der Waals surface area (Å²) in [6.45, 7) is 0. The molecule has 1 aliphatic heterocycles. The number of carbonyl (C=O) groups is 1. The number of hydrogen-bond donors (Lipinski definition) is 0. The zero-order valence-electron chi connectivity index (χ0n) is 9.76. The Labute approximate surface area is 118 Å². The molecule has 6 heteroatoms. The van der Waals surface area contributed by atoms with Gasteiger partial charge in [-0.1, -0.05) is 27.2 Å². The van der Waals surface area contributed by atoms with Gasteiger partial charge < -0.3 is 9.57 Å². The van der Waals surface area contributed by atoms with E-state index in [1.807, 2.05) is 24.3 Å². The van der Waals surface area contributed by atoms with Crippen LogP contribution in [0.5, 0.6) is 0 Å². The molecule has 1 aliphatic rings. The van der Waals surface area contributed by atoms with Crippen molar-refractivity contribution in [2.75, 3.05) is 12.9 Å². The maximum Gasteiger partial charge on any atom is 0.355 e. The first-order valence-corrected chi connectivity index (χ1v) is 7.16. The average Bonchev–Trinajstić information content (AvgIpc) is 2.84. The van der Waals surface area contributed by atoms with Crippen molar-refractivity contribution in [3.05, 3.63) is 28.7 Å². The quantitative estimate of drug-likeness (QED) is 0.629. The molecule has 1 atom stereocenters. The lowest BCUT2D eigenvalue weighted by atomic mass is 10.2. The maximum atomic E-state index is 11.2. The Balaban J connectivity index is 1.82. The van der Waals surface area contributed by atoms with E-state index in [9.17, 15) is 4.79 Å². The van der Waals surface area contributed by atoms with Crippen LogP contribution in [0.4, 0.5) is 0 Å². The second-order valence-electron chi connectivity index (χ2n) is 3.73. The zero-order chi connectivity index (χ0) is 13.0. The van der Waals surface area contributed by atoms with Crippen LogP contribution in [0.25, 0.3) is 0 Å². The topological polar surface area (TPSA) is 47.9 Å². The highest BCUT2D eigenvalue weighted by molar-refractivity contribution is 9.10. The smallest absolute Gasteiger partial charge is 0.355 e. The van der Waals surface area contributed by atoms with Gasteiger partial charge in [-0.3, -0.25) is 0 Å². The number of hydrogen-bond acceptors (Lipinski definition) is 5. The molecule has 0 aromatic heterocycles. The minimum absolute atomic E-state index is 0.0666. The molecule has 1 heterocycles. The molecule has 0 saturated carbocycles. The van der Waals surface area contributed by atoms with Crippen LogP contribution in [0.3, 0.4) is 0 Å². The van der Waals surface area contributed by atoms with Crippen molar-refractivity contribution in [3.8, 4) is 0 Å². The molecule has 0 spiro atoms. The highest BCUT2D eigenvalue weighted by atomic mass is 79.9. The lowest BCUT2D eigenvalue weighted by Gasteiger charge is -2.07. The molecule has 0 aliphatic carbocycles. The van der Waals surface area contributed by atoms with Crippen LogP contribution in [-0.4, -0.2) is 30.6 Å². The van der Waals surface area contributed by atoms with E-state index in [1.54, 1.807) is 11.8 Å². The van der Waals surface area contributed by atoms with E-state index >= 15 is 0 Å². The van der Waals surface area contributed by atoms with E-state index in [4.69, 9.17) is 4.84 Å². The number of carbonyl (C=O) groups excluding carboxylic acids is 1. The molecule has 96 valence electrons. The molecule has 4 nitrogen and oxygen atoms in total. The monoisotopic (exact) mass is 329 g/mol. The van der Waals surface area contributed by atoms with Gasteiger partial charge in [-0.05, 0) is 18.2 Å². The number of thioether (sulfide) groups is 1. The Bertz CT molecular complexity index is 478. The van der Waals surface area contributed by atoms with E-state index in [0.29, 0.717) is 12.1 Å². The first-order valence-electron chi connectivity index (χ1n) is 5.38. The zero-order valence-corrected chi connectivity index (χ0v) is 12.2. The summed E-state index contributed by atoms with van der Waals surface area (Å²) in [5.74, 6) is 0.338. The lowest BCUT2D eigenvalue weighted by Crippen LogP contribution is -2.17. The van der Waals surface area contributed by atoms with Gasteiger partial charge in [-0.25, -0.2) is 4.79 Å². The highest BCUT2D eigenvalue weighted by Gasteiger charge is 2.26. The van der Waals surface area contributed by atoms with Crippen LogP contribution < -0.4 is 0 Å². The average molecular weight is 330 g/mol. The van der Waals surface area contributed by atoms with E-state index in [0.717, 1.165) is 15.1 Å². The predicted octanol–water partition coefficient (Wildman–Crippen LogP) is 2.86. The number of nitrogens with zero attached hydrogens (tertiary/aromatic N) is 1. The molecule has 0 N–H and O–H groups in total. The molecule has 0 fully saturated rings. The van der Waals surface area contributed by atoms with E-state index < -0.39 is 5.97 Å². The van der Waals surface area contributed by atoms with E-state index in [1.165, 1.54) is 7.11 Å². The highest BCUT2D eigenvalue weighted by Crippen LogP contribution is 2.25. The maximum absolute atomic E-state index is 11.2. The number of esters is 1. The molecule has 1 aromatic carbocycles. The summed E-state index contributed by atoms with van der Waals surface area (Å²) in [4.78, 5) is 17.6. The summed E-state index contributed by atoms with van der Waals surface area (Å²) >= 11 is 5.10. The summed E-state index contributed by atoms with van der Waals surface area (Å²) in [5.41, 5.74) is 0.359. The van der Waals surface area contributed by atoms with Crippen LogP contribution in [0, 0.1) is 0 Å². The number of benzene rings is 1. The van der Waals surface area contributed by atoms with Crippen molar-refractivity contribution in [1.82, 2.24) is 0 Å². The normalized spacial score (nSPS) is 18.1. The fraction of sp³-hybridized carbons (Fsp3) is 0.333. The fourth-order valence-electron chi connectivity index (χ4n) is 1.50. The predicted molar refractivity (Wildman–Crippen MR) is 73.8 cm³/mol. The summed E-state index contributed by atoms with van der Waals surface area (Å²) in [7, 11) is 1.34. The van der Waals surface area contributed by atoms with Gasteiger partial charge in [0.2, 0.25) is 0 Å². The van der Waals surface area contributed by atoms with Gasteiger partial charge in [0.25, 0.3) is 0 Å². The van der Waals surface area contributed by atoms with Crippen LogP contribution >= 0.6 is 27.7 Å². The molecular weight excluding hydrogens is 318 g/mol. The molecule has 0 saturated heterocycles. The van der Waals surface area contributed by atoms with Gasteiger partial charge >= 0.3 is 5.97 Å². The molecular formula is C12H12BrNO3S. The minimum atomic E-state index is -0.412. The van der Waals surface area contributed by atoms with Crippen molar-refractivity contribution in [3.63, 3.8) is 0 Å². The largest absolute Gasteiger partial charge is 0.464 e. The Morgan fingerprint density at radius 1 is 1.67 bits per heavy atom. The first-order chi connectivity index (χ1) is 8.69. The Morgan fingerprint density at radius 3 is 3.22 bits per heavy atom. The standard InChI is InChI=1S/C12H12BrNO3S/c1-16-12(15)11-6-9(17-14-11)7-18-10-4-2-3-8(13)5-10/h2-5,9H,6-7H2,1H3/t9-/m1/s1. The number of rotatable bonds is 4. The van der Waals surface area contributed by atoms with E-state index in [-0.39, 0.29) is 6.10 Å². The molecule has 0 radical (unpaired) electrons. The molecule has 0 bridgehead atoms. The van der Waals surface area contributed by atoms with Crippen molar-refractivity contribution >= 4 is 39.4 Å². The third-order valence-electron chi connectivity index (χ3n) is 2.39. The number of oxime groups is 1. The van der Waals surface area contributed by atoms with Crippen molar-refractivity contribution in [2.24, 2.45) is 5.16 Å². The summed E-state index contributed by atoms with van der Waals surface area (Å²) < 4.78 is 5.65. The third kappa shape index (κ3) is 3.49.